The summed E-state index contributed by atoms with van der Waals surface area (Å²) in [7, 11) is 0. The van der Waals surface area contributed by atoms with Crippen LogP contribution in [0.5, 0.6) is 0 Å². The van der Waals surface area contributed by atoms with Crippen molar-refractivity contribution in [1.82, 2.24) is 0 Å². The van der Waals surface area contributed by atoms with E-state index in [0.717, 1.165) is 12.0 Å². The molecule has 4 atom stereocenters. The second-order valence-electron chi connectivity index (χ2n) is 11.2. The van der Waals surface area contributed by atoms with E-state index in [9.17, 15) is 51.3 Å². The lowest BCUT2D eigenvalue weighted by molar-refractivity contribution is -0.143. The fourth-order valence-corrected chi connectivity index (χ4v) is 6.27. The van der Waals surface area contributed by atoms with Gasteiger partial charge in [-0.3, -0.25) is 9.59 Å². The van der Waals surface area contributed by atoms with Crippen LogP contribution in [0.15, 0.2) is 51.5 Å². The zero-order valence-corrected chi connectivity index (χ0v) is 24.0. The zero-order chi connectivity index (χ0) is 32.6. The third-order valence-electron chi connectivity index (χ3n) is 8.21. The van der Waals surface area contributed by atoms with Crippen LogP contribution < -0.4 is 4.90 Å². The van der Waals surface area contributed by atoms with Gasteiger partial charge in [-0.15, -0.1) is 0 Å². The Hall–Kier alpha value is -3.42. The molecule has 0 spiro atoms. The third kappa shape index (κ3) is 6.79. The van der Waals surface area contributed by atoms with Gasteiger partial charge >= 0.3 is 12.4 Å². The van der Waals surface area contributed by atoms with E-state index in [4.69, 9.17) is 4.42 Å². The summed E-state index contributed by atoms with van der Waals surface area (Å²) in [6.45, 7) is 2.65. The summed E-state index contributed by atoms with van der Waals surface area (Å²) in [6, 6.07) is 3.91. The summed E-state index contributed by atoms with van der Waals surface area (Å²) in [5.41, 5.74) is -2.42. The van der Waals surface area contributed by atoms with Gasteiger partial charge in [0.15, 0.2) is 0 Å². The number of fused-ring (bicyclic) bond motifs is 1. The Morgan fingerprint density at radius 3 is 2.18 bits per heavy atom. The maximum Gasteiger partial charge on any atom is 0.416 e. The number of rotatable bonds is 10. The Morgan fingerprint density at radius 2 is 1.66 bits per heavy atom. The normalized spacial score (nSPS) is 22.2. The van der Waals surface area contributed by atoms with Gasteiger partial charge in [0.1, 0.15) is 18.1 Å². The molecule has 0 bridgehead atoms. The van der Waals surface area contributed by atoms with Crippen molar-refractivity contribution in [2.24, 2.45) is 17.8 Å². The molecule has 0 radical (unpaired) electrons. The van der Waals surface area contributed by atoms with Crippen LogP contribution in [0, 0.1) is 17.8 Å². The number of halogens is 6. The van der Waals surface area contributed by atoms with Crippen molar-refractivity contribution in [3.8, 4) is 0 Å². The fourth-order valence-electron chi connectivity index (χ4n) is 6.27. The second-order valence-corrected chi connectivity index (χ2v) is 11.2. The van der Waals surface area contributed by atoms with Gasteiger partial charge in [-0.2, -0.15) is 26.3 Å². The number of hydrogen-bond acceptors (Lipinski definition) is 6. The van der Waals surface area contributed by atoms with Crippen molar-refractivity contribution < 1.29 is 55.7 Å². The van der Waals surface area contributed by atoms with E-state index in [2.05, 4.69) is 0 Å². The molecule has 1 aromatic carbocycles. The lowest BCUT2D eigenvalue weighted by atomic mass is 9.68. The number of anilines is 1. The Labute approximate surface area is 249 Å². The molecule has 7 nitrogen and oxygen atoms in total. The maximum absolute atomic E-state index is 13.6. The molecule has 1 fully saturated rings. The van der Waals surface area contributed by atoms with Crippen LogP contribution in [-0.2, 0) is 28.5 Å². The smallest absolute Gasteiger partial charge is 0.416 e. The Balaban J connectivity index is 1.62. The standard InChI is InChI=1S/C31H33F6NO6/c1-3-4-17(10-21-6-7-22(14-39)44-21)5-8-25(41)26-16(2)9-23-27(24(26)15-40)29(43)38(28(23)42)20-12-18(30(32,33)34)11-19(13-20)31(35,36)37/h6-7,10-13,23-25,27,39-41H,3-5,8-9,14-15H2,1-2H3/b17-10+/t23-,24+,25-,27-/m1/s1. The number of alkyl halides is 6. The van der Waals surface area contributed by atoms with Gasteiger partial charge in [-0.1, -0.05) is 24.5 Å². The van der Waals surface area contributed by atoms with Gasteiger partial charge in [-0.05, 0) is 74.6 Å². The van der Waals surface area contributed by atoms with E-state index in [-0.39, 0.29) is 25.5 Å². The van der Waals surface area contributed by atoms with Gasteiger partial charge in [-0.25, -0.2) is 4.90 Å². The fraction of sp³-hybridized carbons (Fsp3) is 0.484. The number of amides is 2. The van der Waals surface area contributed by atoms with Gasteiger partial charge in [0.05, 0.1) is 41.4 Å². The molecular formula is C31H33F6NO6. The summed E-state index contributed by atoms with van der Waals surface area (Å²) >= 11 is 0. The number of benzene rings is 1. The highest BCUT2D eigenvalue weighted by Crippen LogP contribution is 2.48. The number of aliphatic hydroxyl groups is 3. The van der Waals surface area contributed by atoms with E-state index >= 15 is 0 Å². The summed E-state index contributed by atoms with van der Waals surface area (Å²) in [6.07, 6.45) is -7.73. The molecule has 1 aliphatic carbocycles. The van der Waals surface area contributed by atoms with E-state index in [0.29, 0.717) is 52.5 Å². The molecule has 44 heavy (non-hydrogen) atoms. The average molecular weight is 630 g/mol. The summed E-state index contributed by atoms with van der Waals surface area (Å²) < 4.78 is 86.5. The second kappa shape index (κ2) is 12.9. The van der Waals surface area contributed by atoms with Gasteiger partial charge in [0.2, 0.25) is 11.8 Å². The molecule has 13 heteroatoms. The van der Waals surface area contributed by atoms with Crippen LogP contribution in [-0.4, -0.2) is 39.8 Å². The van der Waals surface area contributed by atoms with Crippen molar-refractivity contribution in [3.63, 3.8) is 0 Å². The number of allylic oxidation sites excluding steroid dienone is 2. The highest BCUT2D eigenvalue weighted by molar-refractivity contribution is 6.22. The Morgan fingerprint density at radius 1 is 1.02 bits per heavy atom. The number of carbonyl (C=O) groups is 2. The van der Waals surface area contributed by atoms with Crippen molar-refractivity contribution >= 4 is 23.6 Å². The van der Waals surface area contributed by atoms with Crippen LogP contribution in [0.3, 0.4) is 0 Å². The minimum atomic E-state index is -5.18. The van der Waals surface area contributed by atoms with Crippen LogP contribution in [0.25, 0.3) is 6.08 Å². The Kier molecular flexibility index (Phi) is 9.81. The first-order valence-corrected chi connectivity index (χ1v) is 14.1. The molecule has 240 valence electrons. The predicted molar refractivity (Wildman–Crippen MR) is 147 cm³/mol. The molecule has 2 aliphatic rings. The van der Waals surface area contributed by atoms with Gasteiger partial charge in [0.25, 0.3) is 0 Å². The highest BCUT2D eigenvalue weighted by atomic mass is 19.4. The molecular weight excluding hydrogens is 596 g/mol. The number of hydrogen-bond donors (Lipinski definition) is 3. The number of nitrogens with zero attached hydrogens (tertiary/aromatic N) is 1. The first-order valence-electron chi connectivity index (χ1n) is 14.1. The topological polar surface area (TPSA) is 111 Å². The SMILES string of the molecule is CCC/C(=C\c1ccc(CO)o1)CC[C@@H](O)C1=C(C)C[C@H]2C(=O)N(c3cc(C(F)(F)F)cc(C(F)(F)F)c3)C(=O)[C@H]2[C@H]1CO. The number of carbonyl (C=O) groups excluding carboxylic acids is 2. The number of furan rings is 1. The quantitative estimate of drug-likeness (QED) is 0.162. The van der Waals surface area contributed by atoms with Gasteiger partial charge < -0.3 is 19.7 Å². The number of imide groups is 1. The van der Waals surface area contributed by atoms with Crippen LogP contribution in [0.1, 0.15) is 68.6 Å². The first-order chi connectivity index (χ1) is 20.6. The van der Waals surface area contributed by atoms with E-state index in [1.165, 1.54) is 0 Å². The molecule has 0 saturated carbocycles. The minimum Gasteiger partial charge on any atom is -0.459 e. The predicted octanol–water partition coefficient (Wildman–Crippen LogP) is 6.27. The van der Waals surface area contributed by atoms with E-state index in [1.807, 2.05) is 6.92 Å². The van der Waals surface area contributed by atoms with E-state index < -0.39 is 71.4 Å². The zero-order valence-electron chi connectivity index (χ0n) is 24.0. The molecule has 0 unspecified atom stereocenters. The van der Waals surface area contributed by atoms with E-state index in [1.54, 1.807) is 25.1 Å². The molecule has 4 rings (SSSR count). The molecule has 1 saturated heterocycles. The molecule has 1 aromatic heterocycles. The largest absolute Gasteiger partial charge is 0.459 e. The van der Waals surface area contributed by atoms with Crippen molar-refractivity contribution in [2.45, 2.75) is 71.0 Å². The monoisotopic (exact) mass is 629 g/mol. The van der Waals surface area contributed by atoms with Crippen molar-refractivity contribution in [3.05, 3.63) is 69.7 Å². The third-order valence-corrected chi connectivity index (χ3v) is 8.21. The van der Waals surface area contributed by atoms with Crippen LogP contribution >= 0.6 is 0 Å². The molecule has 2 aromatic rings. The maximum atomic E-state index is 13.6. The summed E-state index contributed by atoms with van der Waals surface area (Å²) in [5.74, 6) is -4.57. The van der Waals surface area contributed by atoms with Crippen molar-refractivity contribution in [1.29, 1.82) is 0 Å². The van der Waals surface area contributed by atoms with Crippen LogP contribution in [0.4, 0.5) is 32.0 Å². The molecule has 3 N–H and O–H groups in total. The van der Waals surface area contributed by atoms with Crippen molar-refractivity contribution in [2.75, 3.05) is 11.5 Å². The molecule has 2 heterocycles. The van der Waals surface area contributed by atoms with Gasteiger partial charge in [0, 0.05) is 5.92 Å². The Bertz CT molecular complexity index is 1420. The summed E-state index contributed by atoms with van der Waals surface area (Å²) in [5, 5.41) is 30.9. The first kappa shape index (κ1) is 33.5. The average Bonchev–Trinajstić information content (AvgIpc) is 3.50. The minimum absolute atomic E-state index is 0.0618. The highest BCUT2D eigenvalue weighted by Gasteiger charge is 2.55. The molecule has 1 aliphatic heterocycles. The lowest BCUT2D eigenvalue weighted by Gasteiger charge is -2.35. The summed E-state index contributed by atoms with van der Waals surface area (Å²) in [4.78, 5) is 27.3. The van der Waals surface area contributed by atoms with Crippen LogP contribution in [0.2, 0.25) is 0 Å². The molecule has 2 amide bonds. The lowest BCUT2D eigenvalue weighted by Crippen LogP contribution is -2.38. The number of aliphatic hydroxyl groups excluding tert-OH is 3.